The molecule has 0 bridgehead atoms. The third-order valence-corrected chi connectivity index (χ3v) is 4.36. The van der Waals surface area contributed by atoms with Crippen LogP contribution in [0, 0.1) is 5.92 Å². The van der Waals surface area contributed by atoms with E-state index >= 15 is 0 Å². The molecule has 1 unspecified atom stereocenters. The number of hydrogen-bond donors (Lipinski definition) is 0. The summed E-state index contributed by atoms with van der Waals surface area (Å²) in [5.41, 5.74) is 1.83. The van der Waals surface area contributed by atoms with Crippen LogP contribution in [0.25, 0.3) is 0 Å². The second-order valence-corrected chi connectivity index (χ2v) is 6.60. The summed E-state index contributed by atoms with van der Waals surface area (Å²) in [4.78, 5) is 30.0. The molecule has 1 aliphatic rings. The number of piperidine rings is 1. The predicted octanol–water partition coefficient (Wildman–Crippen LogP) is 2.36. The fraction of sp³-hybridized carbons (Fsp3) is 0.556. The lowest BCUT2D eigenvalue weighted by atomic mass is 10.0. The van der Waals surface area contributed by atoms with E-state index in [9.17, 15) is 9.59 Å². The number of anilines is 2. The first-order valence-corrected chi connectivity index (χ1v) is 8.21. The zero-order valence-corrected chi connectivity index (χ0v) is 14.6. The van der Waals surface area contributed by atoms with E-state index in [1.807, 2.05) is 48.2 Å². The molecule has 1 atom stereocenters. The van der Waals surface area contributed by atoms with Crippen molar-refractivity contribution >= 4 is 23.2 Å². The van der Waals surface area contributed by atoms with Gasteiger partial charge in [0.2, 0.25) is 11.8 Å². The normalized spacial score (nSPS) is 17.7. The SMILES string of the molecule is CC(=O)N(CC(=O)N1CCCC(C)C1)c1ccc(N(C)C)cc1. The van der Waals surface area contributed by atoms with Crippen LogP contribution in [0.5, 0.6) is 0 Å². The molecule has 1 aliphatic heterocycles. The van der Waals surface area contributed by atoms with E-state index in [0.29, 0.717) is 5.92 Å². The molecule has 1 saturated heterocycles. The van der Waals surface area contributed by atoms with Crippen LogP contribution in [0.3, 0.4) is 0 Å². The van der Waals surface area contributed by atoms with Crippen LogP contribution in [0.15, 0.2) is 24.3 Å². The molecule has 0 aromatic heterocycles. The standard InChI is InChI=1S/C18H27N3O2/c1-14-6-5-11-20(12-14)18(23)13-21(15(2)22)17-9-7-16(8-10-17)19(3)4/h7-10,14H,5-6,11-13H2,1-4H3. The van der Waals surface area contributed by atoms with E-state index in [1.54, 1.807) is 4.90 Å². The van der Waals surface area contributed by atoms with Crippen LogP contribution in [0.4, 0.5) is 11.4 Å². The molecule has 5 heteroatoms. The van der Waals surface area contributed by atoms with Crippen molar-refractivity contribution in [3.63, 3.8) is 0 Å². The van der Waals surface area contributed by atoms with Gasteiger partial charge >= 0.3 is 0 Å². The second-order valence-electron chi connectivity index (χ2n) is 6.60. The second kappa shape index (κ2) is 7.49. The molecule has 1 aromatic rings. The lowest BCUT2D eigenvalue weighted by Crippen LogP contribution is -2.46. The van der Waals surface area contributed by atoms with Crippen molar-refractivity contribution in [2.75, 3.05) is 43.5 Å². The van der Waals surface area contributed by atoms with Crippen molar-refractivity contribution in [2.45, 2.75) is 26.7 Å². The van der Waals surface area contributed by atoms with Gasteiger partial charge in [-0.05, 0) is 43.0 Å². The highest BCUT2D eigenvalue weighted by molar-refractivity contribution is 5.97. The summed E-state index contributed by atoms with van der Waals surface area (Å²) < 4.78 is 0. The number of hydrogen-bond acceptors (Lipinski definition) is 3. The van der Waals surface area contributed by atoms with Gasteiger partial charge in [0.15, 0.2) is 0 Å². The Hall–Kier alpha value is -2.04. The van der Waals surface area contributed by atoms with E-state index in [0.717, 1.165) is 30.9 Å². The van der Waals surface area contributed by atoms with E-state index in [4.69, 9.17) is 0 Å². The van der Waals surface area contributed by atoms with Crippen molar-refractivity contribution in [1.29, 1.82) is 0 Å². The largest absolute Gasteiger partial charge is 0.378 e. The third-order valence-electron chi connectivity index (χ3n) is 4.36. The summed E-state index contributed by atoms with van der Waals surface area (Å²) in [5.74, 6) is 0.460. The molecule has 126 valence electrons. The summed E-state index contributed by atoms with van der Waals surface area (Å²) in [6.07, 6.45) is 2.22. The van der Waals surface area contributed by atoms with Crippen LogP contribution in [-0.4, -0.2) is 50.4 Å². The van der Waals surface area contributed by atoms with Crippen LogP contribution < -0.4 is 9.80 Å². The number of amides is 2. The molecule has 1 heterocycles. The quantitative estimate of drug-likeness (QED) is 0.856. The van der Waals surface area contributed by atoms with E-state index in [1.165, 1.54) is 13.3 Å². The minimum Gasteiger partial charge on any atom is -0.378 e. The molecule has 1 aromatic carbocycles. The van der Waals surface area contributed by atoms with Gasteiger partial charge in [-0.2, -0.15) is 0 Å². The van der Waals surface area contributed by atoms with Gasteiger partial charge in [-0.25, -0.2) is 0 Å². The Bertz CT molecular complexity index is 554. The lowest BCUT2D eigenvalue weighted by molar-refractivity contribution is -0.132. The first-order valence-electron chi connectivity index (χ1n) is 8.21. The minimum absolute atomic E-state index is 0.0310. The van der Waals surface area contributed by atoms with Gasteiger partial charge in [0.05, 0.1) is 0 Å². The van der Waals surface area contributed by atoms with Gasteiger partial charge in [-0.1, -0.05) is 6.92 Å². The smallest absolute Gasteiger partial charge is 0.242 e. The van der Waals surface area contributed by atoms with E-state index in [2.05, 4.69) is 6.92 Å². The highest BCUT2D eigenvalue weighted by Crippen LogP contribution is 2.21. The van der Waals surface area contributed by atoms with Crippen molar-refractivity contribution in [1.82, 2.24) is 4.90 Å². The summed E-state index contributed by atoms with van der Waals surface area (Å²) in [6, 6.07) is 7.70. The molecule has 0 aliphatic carbocycles. The number of carbonyl (C=O) groups excluding carboxylic acids is 2. The maximum atomic E-state index is 12.5. The summed E-state index contributed by atoms with van der Waals surface area (Å²) >= 11 is 0. The molecular weight excluding hydrogens is 290 g/mol. The van der Waals surface area contributed by atoms with Gasteiger partial charge in [-0.15, -0.1) is 0 Å². The molecule has 0 spiro atoms. The molecule has 0 saturated carbocycles. The van der Waals surface area contributed by atoms with E-state index < -0.39 is 0 Å². The van der Waals surface area contributed by atoms with Crippen molar-refractivity contribution in [3.05, 3.63) is 24.3 Å². The zero-order chi connectivity index (χ0) is 17.0. The van der Waals surface area contributed by atoms with Gasteiger partial charge in [0.1, 0.15) is 6.54 Å². The maximum absolute atomic E-state index is 12.5. The fourth-order valence-corrected chi connectivity index (χ4v) is 2.97. The molecular formula is C18H27N3O2. The molecule has 2 amide bonds. The lowest BCUT2D eigenvalue weighted by Gasteiger charge is -2.32. The van der Waals surface area contributed by atoms with Gasteiger partial charge < -0.3 is 14.7 Å². The van der Waals surface area contributed by atoms with Crippen molar-refractivity contribution < 1.29 is 9.59 Å². The summed E-state index contributed by atoms with van der Waals surface area (Å²) in [7, 11) is 3.94. The molecule has 1 fully saturated rings. The van der Waals surface area contributed by atoms with Gasteiger partial charge in [0, 0.05) is 45.5 Å². The van der Waals surface area contributed by atoms with E-state index in [-0.39, 0.29) is 18.4 Å². The Labute approximate surface area is 138 Å². The number of nitrogens with zero attached hydrogens (tertiary/aromatic N) is 3. The van der Waals surface area contributed by atoms with Crippen LogP contribution >= 0.6 is 0 Å². The van der Waals surface area contributed by atoms with Gasteiger partial charge in [-0.3, -0.25) is 9.59 Å². The average Bonchev–Trinajstić information content (AvgIpc) is 2.52. The number of likely N-dealkylation sites (tertiary alicyclic amines) is 1. The summed E-state index contributed by atoms with van der Waals surface area (Å²) in [5, 5.41) is 0. The Morgan fingerprint density at radius 3 is 2.30 bits per heavy atom. The number of benzene rings is 1. The Kier molecular flexibility index (Phi) is 5.64. The topological polar surface area (TPSA) is 43.9 Å². The Morgan fingerprint density at radius 2 is 1.78 bits per heavy atom. The predicted molar refractivity (Wildman–Crippen MR) is 93.8 cm³/mol. The monoisotopic (exact) mass is 317 g/mol. The van der Waals surface area contributed by atoms with Crippen molar-refractivity contribution in [3.8, 4) is 0 Å². The average molecular weight is 317 g/mol. The molecule has 0 radical (unpaired) electrons. The Morgan fingerprint density at radius 1 is 1.17 bits per heavy atom. The van der Waals surface area contributed by atoms with Crippen LogP contribution in [0.2, 0.25) is 0 Å². The first-order chi connectivity index (χ1) is 10.9. The fourth-order valence-electron chi connectivity index (χ4n) is 2.97. The van der Waals surface area contributed by atoms with Gasteiger partial charge in [0.25, 0.3) is 0 Å². The number of rotatable bonds is 4. The minimum atomic E-state index is -0.110. The zero-order valence-electron chi connectivity index (χ0n) is 14.6. The van der Waals surface area contributed by atoms with Crippen LogP contribution in [-0.2, 0) is 9.59 Å². The summed E-state index contributed by atoms with van der Waals surface area (Å²) in [6.45, 7) is 5.39. The van der Waals surface area contributed by atoms with Crippen LogP contribution in [0.1, 0.15) is 26.7 Å². The molecule has 0 N–H and O–H groups in total. The molecule has 5 nitrogen and oxygen atoms in total. The third kappa shape index (κ3) is 4.47. The Balaban J connectivity index is 2.09. The molecule has 23 heavy (non-hydrogen) atoms. The first kappa shape index (κ1) is 17.3. The van der Waals surface area contributed by atoms with Crippen molar-refractivity contribution in [2.24, 2.45) is 5.92 Å². The highest BCUT2D eigenvalue weighted by Gasteiger charge is 2.24. The maximum Gasteiger partial charge on any atom is 0.242 e. The number of carbonyl (C=O) groups is 2. The highest BCUT2D eigenvalue weighted by atomic mass is 16.2. The molecule has 2 rings (SSSR count).